The molecule has 0 bridgehead atoms. The number of aromatic nitrogens is 1. The zero-order valence-corrected chi connectivity index (χ0v) is 11.1. The molecule has 0 aliphatic carbocycles. The molecule has 88 valence electrons. The van der Waals surface area contributed by atoms with Gasteiger partial charge >= 0.3 is 5.97 Å². The van der Waals surface area contributed by atoms with Gasteiger partial charge in [-0.3, -0.25) is 0 Å². The molecule has 7 heteroatoms. The second kappa shape index (κ2) is 4.50. The summed E-state index contributed by atoms with van der Waals surface area (Å²) in [6.45, 7) is 3.00. The number of hydrogen-bond donors (Lipinski definition) is 1. The summed E-state index contributed by atoms with van der Waals surface area (Å²) < 4.78 is 24.0. The van der Waals surface area contributed by atoms with E-state index in [1.54, 1.807) is 6.92 Å². The molecule has 1 heterocycles. The van der Waals surface area contributed by atoms with Gasteiger partial charge < -0.3 is 5.11 Å². The van der Waals surface area contributed by atoms with Crippen molar-refractivity contribution in [2.45, 2.75) is 18.7 Å². The highest BCUT2D eigenvalue weighted by atomic mass is 79.9. The van der Waals surface area contributed by atoms with E-state index in [9.17, 15) is 13.2 Å². The van der Waals surface area contributed by atoms with Gasteiger partial charge in [0.2, 0.25) is 0 Å². The highest BCUT2D eigenvalue weighted by molar-refractivity contribution is 9.10. The minimum atomic E-state index is -3.60. The van der Waals surface area contributed by atoms with Crippen LogP contribution in [0.2, 0.25) is 0 Å². The average molecular weight is 308 g/mol. The minimum absolute atomic E-state index is 0.160. The fourth-order valence-corrected chi connectivity index (χ4v) is 2.97. The lowest BCUT2D eigenvalue weighted by molar-refractivity contribution is 0.0685. The zero-order valence-electron chi connectivity index (χ0n) is 8.69. The molecule has 0 unspecified atom stereocenters. The number of halogens is 1. The molecule has 1 aromatic heterocycles. The van der Waals surface area contributed by atoms with Crippen LogP contribution in [-0.4, -0.2) is 30.2 Å². The molecule has 0 aromatic carbocycles. The molecule has 0 saturated heterocycles. The van der Waals surface area contributed by atoms with Crippen LogP contribution in [0.1, 0.15) is 23.0 Å². The molecule has 5 nitrogen and oxygen atoms in total. The van der Waals surface area contributed by atoms with Crippen LogP contribution in [0.5, 0.6) is 0 Å². The van der Waals surface area contributed by atoms with Gasteiger partial charge in [0.15, 0.2) is 15.5 Å². The molecule has 0 amide bonds. The van der Waals surface area contributed by atoms with Crippen LogP contribution in [0, 0.1) is 6.92 Å². The van der Waals surface area contributed by atoms with E-state index in [2.05, 4.69) is 20.9 Å². The minimum Gasteiger partial charge on any atom is -0.476 e. The van der Waals surface area contributed by atoms with Crippen molar-refractivity contribution in [1.82, 2.24) is 4.98 Å². The summed E-state index contributed by atoms with van der Waals surface area (Å²) in [5, 5.41) is 8.90. The maximum Gasteiger partial charge on any atom is 0.355 e. The van der Waals surface area contributed by atoms with E-state index in [-0.39, 0.29) is 10.6 Å². The predicted molar refractivity (Wildman–Crippen MR) is 61.4 cm³/mol. The molecule has 0 fully saturated rings. The Kier molecular flexibility index (Phi) is 3.69. The third kappa shape index (κ3) is 2.25. The molecule has 1 aromatic rings. The molecule has 1 N–H and O–H groups in total. The van der Waals surface area contributed by atoms with E-state index in [4.69, 9.17) is 5.11 Å². The number of nitrogens with zero attached hydrogens (tertiary/aromatic N) is 1. The lowest BCUT2D eigenvalue weighted by Gasteiger charge is -2.09. The van der Waals surface area contributed by atoms with E-state index in [0.717, 1.165) is 0 Å². The maximum atomic E-state index is 11.8. The molecule has 0 atom stereocenters. The molecule has 0 saturated carbocycles. The van der Waals surface area contributed by atoms with Crippen LogP contribution >= 0.6 is 15.9 Å². The Bertz CT molecular complexity index is 539. The van der Waals surface area contributed by atoms with Gasteiger partial charge in [-0.05, 0) is 28.4 Å². The van der Waals surface area contributed by atoms with Crippen molar-refractivity contribution in [1.29, 1.82) is 0 Å². The number of rotatable bonds is 3. The zero-order chi connectivity index (χ0) is 12.5. The van der Waals surface area contributed by atoms with Crippen molar-refractivity contribution in [2.24, 2.45) is 0 Å². The van der Waals surface area contributed by atoms with Gasteiger partial charge in [-0.2, -0.15) is 0 Å². The lowest BCUT2D eigenvalue weighted by atomic mass is 10.2. The van der Waals surface area contributed by atoms with Gasteiger partial charge in [0.1, 0.15) is 4.90 Å². The Morgan fingerprint density at radius 3 is 2.56 bits per heavy atom. The number of hydrogen-bond acceptors (Lipinski definition) is 4. The molecule has 1 rings (SSSR count). The molecular formula is C9H10BrNO4S. The summed E-state index contributed by atoms with van der Waals surface area (Å²) in [5.41, 5.74) is -0.0585. The van der Waals surface area contributed by atoms with Gasteiger partial charge in [0.05, 0.1) is 5.75 Å². The van der Waals surface area contributed by atoms with E-state index < -0.39 is 21.5 Å². The number of carboxylic acids is 1. The van der Waals surface area contributed by atoms with E-state index in [0.29, 0.717) is 10.0 Å². The second-order valence-corrected chi connectivity index (χ2v) is 6.19. The van der Waals surface area contributed by atoms with Gasteiger partial charge in [0, 0.05) is 10.7 Å². The van der Waals surface area contributed by atoms with Crippen molar-refractivity contribution in [3.63, 3.8) is 0 Å². The van der Waals surface area contributed by atoms with Gasteiger partial charge in [-0.15, -0.1) is 0 Å². The van der Waals surface area contributed by atoms with Crippen LogP contribution in [-0.2, 0) is 9.84 Å². The molecule has 0 radical (unpaired) electrons. The summed E-state index contributed by atoms with van der Waals surface area (Å²) in [4.78, 5) is 14.3. The third-order valence-electron chi connectivity index (χ3n) is 2.11. The van der Waals surface area contributed by atoms with Crippen molar-refractivity contribution in [3.8, 4) is 0 Å². The summed E-state index contributed by atoms with van der Waals surface area (Å²) in [7, 11) is -3.60. The number of sulfone groups is 1. The molecule has 0 aliphatic rings. The highest BCUT2D eigenvalue weighted by Gasteiger charge is 2.25. The molecule has 0 spiro atoms. The van der Waals surface area contributed by atoms with Crippen molar-refractivity contribution < 1.29 is 18.3 Å². The number of aromatic carboxylic acids is 1. The fraction of sp³-hybridized carbons (Fsp3) is 0.333. The normalized spacial score (nSPS) is 11.4. The van der Waals surface area contributed by atoms with Crippen molar-refractivity contribution in [3.05, 3.63) is 21.9 Å². The molecule has 16 heavy (non-hydrogen) atoms. The average Bonchev–Trinajstić information content (AvgIpc) is 2.21. The Morgan fingerprint density at radius 1 is 1.56 bits per heavy atom. The number of carboxylic acid groups (broad SMARTS) is 1. The second-order valence-electron chi connectivity index (χ2n) is 3.12. The first kappa shape index (κ1) is 13.1. The first-order valence-corrected chi connectivity index (χ1v) is 6.87. The standard InChI is InChI=1S/C9H10BrNO4S/c1-3-16(14,15)8-5(2)6(10)4-11-7(8)9(12)13/h4H,3H2,1-2H3,(H,12,13). The van der Waals surface area contributed by atoms with Crippen LogP contribution in [0.4, 0.5) is 0 Å². The third-order valence-corrected chi connectivity index (χ3v) is 4.80. The topological polar surface area (TPSA) is 84.3 Å². The Balaban J connectivity index is 3.70. The quantitative estimate of drug-likeness (QED) is 0.917. The number of pyridine rings is 1. The lowest BCUT2D eigenvalue weighted by Crippen LogP contribution is -2.15. The van der Waals surface area contributed by atoms with Gasteiger partial charge in [-0.25, -0.2) is 18.2 Å². The molecule has 0 aliphatic heterocycles. The summed E-state index contributed by atoms with van der Waals surface area (Å²) in [5.74, 6) is -1.51. The van der Waals surface area contributed by atoms with Crippen LogP contribution < -0.4 is 0 Å². The van der Waals surface area contributed by atoms with Gasteiger partial charge in [-0.1, -0.05) is 6.92 Å². The van der Waals surface area contributed by atoms with Crippen molar-refractivity contribution >= 4 is 31.7 Å². The predicted octanol–water partition coefficient (Wildman–Crippen LogP) is 1.64. The summed E-state index contributed by atoms with van der Waals surface area (Å²) >= 11 is 3.13. The molecular weight excluding hydrogens is 298 g/mol. The Hall–Kier alpha value is -0.950. The van der Waals surface area contributed by atoms with E-state index in [1.165, 1.54) is 13.1 Å². The Morgan fingerprint density at radius 2 is 2.12 bits per heavy atom. The fourth-order valence-electron chi connectivity index (χ4n) is 1.24. The summed E-state index contributed by atoms with van der Waals surface area (Å²) in [6.07, 6.45) is 1.29. The van der Waals surface area contributed by atoms with Crippen LogP contribution in [0.3, 0.4) is 0 Å². The number of carbonyl (C=O) groups is 1. The van der Waals surface area contributed by atoms with Crippen LogP contribution in [0.25, 0.3) is 0 Å². The monoisotopic (exact) mass is 307 g/mol. The largest absolute Gasteiger partial charge is 0.476 e. The highest BCUT2D eigenvalue weighted by Crippen LogP contribution is 2.26. The first-order valence-electron chi connectivity index (χ1n) is 4.42. The summed E-state index contributed by atoms with van der Waals surface area (Å²) in [6, 6.07) is 0. The van der Waals surface area contributed by atoms with E-state index >= 15 is 0 Å². The van der Waals surface area contributed by atoms with E-state index in [1.807, 2.05) is 0 Å². The Labute approximate surface area is 102 Å². The van der Waals surface area contributed by atoms with Gasteiger partial charge in [0.25, 0.3) is 0 Å². The smallest absolute Gasteiger partial charge is 0.355 e. The van der Waals surface area contributed by atoms with Crippen molar-refractivity contribution in [2.75, 3.05) is 5.75 Å². The van der Waals surface area contributed by atoms with Crippen LogP contribution in [0.15, 0.2) is 15.6 Å². The SMILES string of the molecule is CCS(=O)(=O)c1c(C(=O)O)ncc(Br)c1C. The maximum absolute atomic E-state index is 11.8. The first-order chi connectivity index (χ1) is 7.31.